The van der Waals surface area contributed by atoms with E-state index in [0.717, 1.165) is 25.8 Å². The van der Waals surface area contributed by atoms with Gasteiger partial charge in [-0.15, -0.1) is 0 Å². The maximum absolute atomic E-state index is 12.6. The first-order chi connectivity index (χ1) is 9.38. The molecule has 2 unspecified atom stereocenters. The van der Waals surface area contributed by atoms with Crippen LogP contribution in [0.1, 0.15) is 72.1 Å². The third-order valence-corrected chi connectivity index (χ3v) is 5.68. The van der Waals surface area contributed by atoms with Gasteiger partial charge in [-0.3, -0.25) is 4.79 Å². The minimum absolute atomic E-state index is 0.0344. The number of hydrogen-bond donors (Lipinski definition) is 2. The molecule has 2 rings (SSSR count). The molecule has 3 heteroatoms. The Morgan fingerprint density at radius 3 is 2.40 bits per heavy atom. The van der Waals surface area contributed by atoms with E-state index in [1.165, 1.54) is 32.1 Å². The number of nitrogens with two attached hydrogens (primary N) is 1. The Kier molecular flexibility index (Phi) is 4.78. The number of amides is 1. The van der Waals surface area contributed by atoms with E-state index in [4.69, 9.17) is 5.73 Å². The molecule has 0 saturated heterocycles. The summed E-state index contributed by atoms with van der Waals surface area (Å²) in [7, 11) is 0. The molecule has 2 atom stereocenters. The molecule has 0 spiro atoms. The summed E-state index contributed by atoms with van der Waals surface area (Å²) < 4.78 is 0. The fourth-order valence-corrected chi connectivity index (χ4v) is 4.39. The van der Waals surface area contributed by atoms with Gasteiger partial charge in [0.25, 0.3) is 0 Å². The molecule has 3 nitrogen and oxygen atoms in total. The van der Waals surface area contributed by atoms with Crippen LogP contribution in [0.2, 0.25) is 0 Å². The Labute approximate surface area is 124 Å². The molecule has 2 fully saturated rings. The van der Waals surface area contributed by atoms with Gasteiger partial charge in [0.05, 0.1) is 5.41 Å². The summed E-state index contributed by atoms with van der Waals surface area (Å²) in [6.45, 7) is 7.47. The zero-order chi connectivity index (χ0) is 14.8. The third kappa shape index (κ3) is 3.19. The maximum atomic E-state index is 12.6. The van der Waals surface area contributed by atoms with E-state index >= 15 is 0 Å². The highest BCUT2D eigenvalue weighted by Gasteiger charge is 2.44. The molecule has 0 radical (unpaired) electrons. The Morgan fingerprint density at radius 2 is 1.90 bits per heavy atom. The summed E-state index contributed by atoms with van der Waals surface area (Å²) in [6, 6.07) is 0.0344. The van der Waals surface area contributed by atoms with Crippen LogP contribution in [0.15, 0.2) is 0 Å². The molecule has 2 saturated carbocycles. The quantitative estimate of drug-likeness (QED) is 0.812. The van der Waals surface area contributed by atoms with Crippen LogP contribution >= 0.6 is 0 Å². The second kappa shape index (κ2) is 6.05. The van der Waals surface area contributed by atoms with E-state index in [-0.39, 0.29) is 17.4 Å². The van der Waals surface area contributed by atoms with Crippen LogP contribution in [-0.2, 0) is 4.79 Å². The SMILES string of the molecule is CC(C)CC1(CNC(=O)C2(C)CCCC2N)CCCC1. The molecule has 2 aliphatic carbocycles. The van der Waals surface area contributed by atoms with E-state index in [9.17, 15) is 4.79 Å². The zero-order valence-corrected chi connectivity index (χ0v) is 13.5. The van der Waals surface area contributed by atoms with Gasteiger partial charge in [-0.25, -0.2) is 0 Å². The van der Waals surface area contributed by atoms with Gasteiger partial charge in [0.15, 0.2) is 0 Å². The molecule has 2 aliphatic rings. The van der Waals surface area contributed by atoms with E-state index in [1.54, 1.807) is 0 Å². The fraction of sp³-hybridized carbons (Fsp3) is 0.941. The number of carbonyl (C=O) groups is 1. The summed E-state index contributed by atoms with van der Waals surface area (Å²) in [5.74, 6) is 0.895. The van der Waals surface area contributed by atoms with Crippen LogP contribution in [0, 0.1) is 16.7 Å². The zero-order valence-electron chi connectivity index (χ0n) is 13.5. The molecule has 3 N–H and O–H groups in total. The van der Waals surface area contributed by atoms with Crippen molar-refractivity contribution in [3.05, 3.63) is 0 Å². The predicted molar refractivity (Wildman–Crippen MR) is 83.3 cm³/mol. The van der Waals surface area contributed by atoms with Crippen molar-refractivity contribution in [2.75, 3.05) is 6.54 Å². The van der Waals surface area contributed by atoms with Crippen molar-refractivity contribution in [2.24, 2.45) is 22.5 Å². The van der Waals surface area contributed by atoms with Gasteiger partial charge in [0.1, 0.15) is 0 Å². The largest absolute Gasteiger partial charge is 0.355 e. The number of rotatable bonds is 5. The Bertz CT molecular complexity index is 347. The van der Waals surface area contributed by atoms with Crippen molar-refractivity contribution in [2.45, 2.75) is 78.2 Å². The lowest BCUT2D eigenvalue weighted by Crippen LogP contribution is -2.49. The molecule has 0 bridgehead atoms. The summed E-state index contributed by atoms with van der Waals surface area (Å²) in [6.07, 6.45) is 9.43. The second-order valence-electron chi connectivity index (χ2n) is 7.90. The number of nitrogens with one attached hydrogen (secondary N) is 1. The summed E-state index contributed by atoms with van der Waals surface area (Å²) in [5.41, 5.74) is 6.17. The lowest BCUT2D eigenvalue weighted by molar-refractivity contribution is -0.131. The first-order valence-corrected chi connectivity index (χ1v) is 8.42. The first kappa shape index (κ1) is 15.8. The van der Waals surface area contributed by atoms with Gasteiger partial charge < -0.3 is 11.1 Å². The monoisotopic (exact) mass is 280 g/mol. The molecule has 0 aliphatic heterocycles. The Morgan fingerprint density at radius 1 is 1.25 bits per heavy atom. The Balaban J connectivity index is 1.94. The maximum Gasteiger partial charge on any atom is 0.227 e. The minimum Gasteiger partial charge on any atom is -0.355 e. The van der Waals surface area contributed by atoms with Crippen molar-refractivity contribution in [1.82, 2.24) is 5.32 Å². The van der Waals surface area contributed by atoms with Crippen LogP contribution in [-0.4, -0.2) is 18.5 Å². The third-order valence-electron chi connectivity index (χ3n) is 5.68. The molecular formula is C17H32N2O. The van der Waals surface area contributed by atoms with Crippen LogP contribution in [0.5, 0.6) is 0 Å². The standard InChI is InChI=1S/C17H32N2O/c1-13(2)11-17(9-4-5-10-17)12-19-15(20)16(3)8-6-7-14(16)18/h13-14H,4-12,18H2,1-3H3,(H,19,20). The molecule has 0 aromatic heterocycles. The number of carbonyl (C=O) groups excluding carboxylic acids is 1. The summed E-state index contributed by atoms with van der Waals surface area (Å²) >= 11 is 0. The van der Waals surface area contributed by atoms with Gasteiger partial charge in [-0.1, -0.05) is 33.1 Å². The van der Waals surface area contributed by atoms with Crippen molar-refractivity contribution >= 4 is 5.91 Å². The average molecular weight is 280 g/mol. The summed E-state index contributed by atoms with van der Waals surface area (Å²) in [4.78, 5) is 12.6. The second-order valence-corrected chi connectivity index (χ2v) is 7.90. The van der Waals surface area contributed by atoms with E-state index in [0.29, 0.717) is 11.3 Å². The van der Waals surface area contributed by atoms with Crippen molar-refractivity contribution < 1.29 is 4.79 Å². The summed E-state index contributed by atoms with van der Waals surface area (Å²) in [5, 5.41) is 3.26. The van der Waals surface area contributed by atoms with Crippen molar-refractivity contribution in [3.8, 4) is 0 Å². The van der Waals surface area contributed by atoms with Gasteiger partial charge in [-0.2, -0.15) is 0 Å². The number of hydrogen-bond acceptors (Lipinski definition) is 2. The van der Waals surface area contributed by atoms with Crippen molar-refractivity contribution in [1.29, 1.82) is 0 Å². The lowest BCUT2D eigenvalue weighted by Gasteiger charge is -2.34. The highest BCUT2D eigenvalue weighted by Crippen LogP contribution is 2.43. The van der Waals surface area contributed by atoms with Gasteiger partial charge in [0.2, 0.25) is 5.91 Å². The molecule has 20 heavy (non-hydrogen) atoms. The van der Waals surface area contributed by atoms with Crippen LogP contribution in [0.25, 0.3) is 0 Å². The van der Waals surface area contributed by atoms with Crippen LogP contribution in [0.4, 0.5) is 0 Å². The molecule has 0 heterocycles. The first-order valence-electron chi connectivity index (χ1n) is 8.42. The smallest absolute Gasteiger partial charge is 0.227 e. The van der Waals surface area contributed by atoms with E-state index in [1.807, 2.05) is 6.92 Å². The minimum atomic E-state index is -0.336. The highest BCUT2D eigenvalue weighted by atomic mass is 16.2. The molecule has 1 amide bonds. The van der Waals surface area contributed by atoms with Gasteiger partial charge >= 0.3 is 0 Å². The fourth-order valence-electron chi connectivity index (χ4n) is 4.39. The lowest BCUT2D eigenvalue weighted by atomic mass is 9.77. The molecule has 0 aromatic carbocycles. The Hall–Kier alpha value is -0.570. The predicted octanol–water partition coefficient (Wildman–Crippen LogP) is 3.23. The van der Waals surface area contributed by atoms with E-state index in [2.05, 4.69) is 19.2 Å². The normalized spacial score (nSPS) is 32.8. The molecule has 0 aromatic rings. The molecule has 116 valence electrons. The van der Waals surface area contributed by atoms with Crippen LogP contribution < -0.4 is 11.1 Å². The molecular weight excluding hydrogens is 248 g/mol. The van der Waals surface area contributed by atoms with Crippen LogP contribution in [0.3, 0.4) is 0 Å². The van der Waals surface area contributed by atoms with Crippen molar-refractivity contribution in [3.63, 3.8) is 0 Å². The van der Waals surface area contributed by atoms with Gasteiger partial charge in [0, 0.05) is 12.6 Å². The topological polar surface area (TPSA) is 55.1 Å². The average Bonchev–Trinajstić information content (AvgIpc) is 2.96. The van der Waals surface area contributed by atoms with E-state index < -0.39 is 0 Å². The highest BCUT2D eigenvalue weighted by molar-refractivity contribution is 5.83. The van der Waals surface area contributed by atoms with Gasteiger partial charge in [-0.05, 0) is 50.4 Å².